The van der Waals surface area contributed by atoms with Gasteiger partial charge in [0, 0.05) is 12.8 Å². The maximum absolute atomic E-state index is 13.3. The number of carbonyl (C=O) groups is 2. The molecule has 0 heterocycles. The molecular weight excluding hydrogens is 501 g/mol. The van der Waals surface area contributed by atoms with Crippen molar-refractivity contribution in [3.8, 4) is 11.5 Å². The van der Waals surface area contributed by atoms with Crippen molar-refractivity contribution in [2.24, 2.45) is 10.9 Å². The van der Waals surface area contributed by atoms with Crippen LogP contribution in [-0.2, 0) is 22.4 Å². The van der Waals surface area contributed by atoms with Gasteiger partial charge in [-0.2, -0.15) is 0 Å². The molecule has 4 atom stereocenters. The number of nitrogens with one attached hydrogen (secondary N) is 2. The minimum absolute atomic E-state index is 0.00124. The Balaban J connectivity index is 2.33. The van der Waals surface area contributed by atoms with E-state index >= 15 is 0 Å². The van der Waals surface area contributed by atoms with E-state index in [1.165, 1.54) is 43.3 Å². The SMILES string of the molecule is CC[C@H](C)[C@H](N=C(C)[O-])C(=O)N[C@@H](Cc1ccc(O)cc1)C(=O)N[C@H](Cc1ccc(O)cc1)[P+]([O-])(O)O. The van der Waals surface area contributed by atoms with Crippen LogP contribution >= 0.6 is 7.94 Å². The molecule has 0 radical (unpaired) electrons. The number of carbonyl (C=O) groups excluding carboxylic acids is 2. The zero-order chi connectivity index (χ0) is 27.8. The molecule has 0 fully saturated rings. The lowest BCUT2D eigenvalue weighted by Crippen LogP contribution is -2.54. The monoisotopic (exact) mass is 534 g/mol. The Bertz CT molecular complexity index is 1070. The molecule has 2 aromatic rings. The smallest absolute Gasteiger partial charge is 0.253 e. The lowest BCUT2D eigenvalue weighted by atomic mass is 9.97. The fraction of sp³-hybridized carbons (Fsp3) is 0.400. The molecule has 0 saturated carbocycles. The summed E-state index contributed by atoms with van der Waals surface area (Å²) in [6.07, 6.45) is 0.250. The van der Waals surface area contributed by atoms with Crippen LogP contribution < -0.4 is 20.6 Å². The molecule has 2 aromatic carbocycles. The molecule has 0 unspecified atom stereocenters. The Kier molecular flexibility index (Phi) is 10.8. The van der Waals surface area contributed by atoms with E-state index in [-0.39, 0.29) is 30.3 Å². The van der Waals surface area contributed by atoms with Gasteiger partial charge >= 0.3 is 0 Å². The molecule has 0 saturated heterocycles. The number of aromatic hydroxyl groups is 2. The predicted molar refractivity (Wildman–Crippen MR) is 135 cm³/mol. The Morgan fingerprint density at radius 3 is 1.84 bits per heavy atom. The predicted octanol–water partition coefficient (Wildman–Crippen LogP) is 0.111. The van der Waals surface area contributed by atoms with E-state index in [9.17, 15) is 39.6 Å². The highest BCUT2D eigenvalue weighted by molar-refractivity contribution is 7.57. The minimum atomic E-state index is -4.83. The molecule has 6 N–H and O–H groups in total. The topological polar surface area (TPSA) is 198 Å². The highest BCUT2D eigenvalue weighted by Crippen LogP contribution is 2.45. The van der Waals surface area contributed by atoms with Crippen molar-refractivity contribution in [1.82, 2.24) is 10.6 Å². The van der Waals surface area contributed by atoms with Crippen LogP contribution in [0.25, 0.3) is 0 Å². The number of phenolic OH excluding ortho intramolecular Hbond substituents is 2. The molecule has 0 aliphatic heterocycles. The van der Waals surface area contributed by atoms with Gasteiger partial charge in [0.05, 0.1) is 0 Å². The standard InChI is InChI=1S/C25H34N3O8P/c1-4-15(2)23(26-16(3)29)25(33)27-21(13-17-5-9-19(30)10-6-17)24(32)28-22(37(34,35)36)14-18-7-11-20(31)12-8-18/h5-12,15,21-23,30-31H,4,13-14H2,1-3H3,(H,26,29)(H,27,33)(H,28,32)(H2,34,35,36)/p-1/t15-,21-,22-,23-/m0/s1. The van der Waals surface area contributed by atoms with Gasteiger partial charge in [-0.3, -0.25) is 14.6 Å². The lowest BCUT2D eigenvalue weighted by Gasteiger charge is -2.29. The van der Waals surface area contributed by atoms with E-state index in [1.807, 2.05) is 6.92 Å². The molecule has 0 bridgehead atoms. The number of hydrogen-bond donors (Lipinski definition) is 6. The number of nitrogens with zero attached hydrogens (tertiary/aromatic N) is 1. The van der Waals surface area contributed by atoms with E-state index < -0.39 is 43.5 Å². The van der Waals surface area contributed by atoms with E-state index in [0.717, 1.165) is 0 Å². The molecule has 0 aromatic heterocycles. The molecule has 11 nitrogen and oxygen atoms in total. The Morgan fingerprint density at radius 2 is 1.41 bits per heavy atom. The van der Waals surface area contributed by atoms with Crippen LogP contribution in [0.4, 0.5) is 0 Å². The van der Waals surface area contributed by atoms with Gasteiger partial charge in [-0.15, -0.1) is 0 Å². The van der Waals surface area contributed by atoms with E-state index in [1.54, 1.807) is 19.1 Å². The van der Waals surface area contributed by atoms with Gasteiger partial charge in [0.25, 0.3) is 7.94 Å². The lowest BCUT2D eigenvalue weighted by molar-refractivity contribution is -0.216. The summed E-state index contributed by atoms with van der Waals surface area (Å²) in [6, 6.07) is 9.25. The maximum Gasteiger partial charge on any atom is 0.253 e. The zero-order valence-electron chi connectivity index (χ0n) is 20.9. The first-order valence-corrected chi connectivity index (χ1v) is 13.4. The van der Waals surface area contributed by atoms with Gasteiger partial charge in [-0.25, -0.2) is 9.79 Å². The van der Waals surface area contributed by atoms with Crippen LogP contribution in [0.2, 0.25) is 0 Å². The van der Waals surface area contributed by atoms with Gasteiger partial charge < -0.3 is 30.8 Å². The third-order valence-corrected chi connectivity index (χ3v) is 6.99. The normalized spacial score (nSPS) is 15.4. The van der Waals surface area contributed by atoms with Gasteiger partial charge in [0.2, 0.25) is 11.8 Å². The molecule has 2 amide bonds. The van der Waals surface area contributed by atoms with Gasteiger partial charge in [-0.05, 0) is 54.1 Å². The van der Waals surface area contributed by atoms with E-state index in [2.05, 4.69) is 15.6 Å². The quantitative estimate of drug-likeness (QED) is 0.125. The maximum atomic E-state index is 13.3. The average molecular weight is 535 g/mol. The summed E-state index contributed by atoms with van der Waals surface area (Å²) < 4.78 is 0. The second-order valence-corrected chi connectivity index (χ2v) is 10.7. The van der Waals surface area contributed by atoms with Crippen LogP contribution in [0.1, 0.15) is 38.3 Å². The van der Waals surface area contributed by atoms with Crippen molar-refractivity contribution in [3.63, 3.8) is 0 Å². The highest BCUT2D eigenvalue weighted by atomic mass is 31.2. The summed E-state index contributed by atoms with van der Waals surface area (Å²) in [7, 11) is -4.83. The van der Waals surface area contributed by atoms with Crippen LogP contribution in [-0.4, -0.2) is 55.6 Å². The first-order valence-electron chi connectivity index (χ1n) is 11.7. The van der Waals surface area contributed by atoms with Crippen molar-refractivity contribution in [2.75, 3.05) is 0 Å². The number of amides is 2. The molecule has 0 aliphatic carbocycles. The molecule has 12 heteroatoms. The summed E-state index contributed by atoms with van der Waals surface area (Å²) in [5.41, 5.74) is 1.02. The Morgan fingerprint density at radius 1 is 0.919 bits per heavy atom. The van der Waals surface area contributed by atoms with Crippen LogP contribution in [0, 0.1) is 5.92 Å². The highest BCUT2D eigenvalue weighted by Gasteiger charge is 2.37. The molecule has 2 rings (SSSR count). The summed E-state index contributed by atoms with van der Waals surface area (Å²) in [5, 5.41) is 35.6. The minimum Gasteiger partial charge on any atom is -0.862 e. The van der Waals surface area contributed by atoms with Gasteiger partial charge in [-0.1, -0.05) is 44.5 Å². The summed E-state index contributed by atoms with van der Waals surface area (Å²) >= 11 is 0. The molecule has 0 spiro atoms. The third-order valence-electron chi connectivity index (χ3n) is 5.86. The first kappa shape index (κ1) is 30.0. The Hall–Kier alpha value is -3.24. The van der Waals surface area contributed by atoms with Crippen LogP contribution in [0.3, 0.4) is 0 Å². The molecule has 0 aliphatic rings. The number of hydrogen-bond acceptors (Lipinski definition) is 9. The van der Waals surface area contributed by atoms with Gasteiger partial charge in [0.1, 0.15) is 23.6 Å². The number of benzene rings is 2. The van der Waals surface area contributed by atoms with Crippen molar-refractivity contribution in [2.45, 2.75) is 57.9 Å². The number of rotatable bonds is 12. The van der Waals surface area contributed by atoms with Crippen molar-refractivity contribution in [3.05, 3.63) is 59.7 Å². The van der Waals surface area contributed by atoms with Crippen LogP contribution in [0.15, 0.2) is 53.5 Å². The van der Waals surface area contributed by atoms with Crippen LogP contribution in [0.5, 0.6) is 11.5 Å². The largest absolute Gasteiger partial charge is 0.862 e. The van der Waals surface area contributed by atoms with E-state index in [0.29, 0.717) is 17.5 Å². The fourth-order valence-electron chi connectivity index (χ4n) is 3.57. The number of aliphatic imine (C=N–C) groups is 1. The van der Waals surface area contributed by atoms with Crippen molar-refractivity contribution < 1.29 is 39.6 Å². The molecular formula is C25H33N3O8P-. The number of phenols is 2. The second kappa shape index (κ2) is 13.3. The van der Waals surface area contributed by atoms with Crippen molar-refractivity contribution >= 4 is 25.7 Å². The second-order valence-electron chi connectivity index (χ2n) is 8.89. The molecule has 37 heavy (non-hydrogen) atoms. The third kappa shape index (κ3) is 9.62. The zero-order valence-corrected chi connectivity index (χ0v) is 21.8. The fourth-order valence-corrected chi connectivity index (χ4v) is 4.32. The molecule has 202 valence electrons. The van der Waals surface area contributed by atoms with Gasteiger partial charge in [0.15, 0.2) is 5.78 Å². The summed E-state index contributed by atoms with van der Waals surface area (Å²) in [6.45, 7) is 4.79. The first-order chi connectivity index (χ1) is 17.3. The van der Waals surface area contributed by atoms with E-state index in [4.69, 9.17) is 0 Å². The average Bonchev–Trinajstić information content (AvgIpc) is 2.83. The summed E-state index contributed by atoms with van der Waals surface area (Å²) in [5.74, 6) is -4.00. The summed E-state index contributed by atoms with van der Waals surface area (Å²) in [4.78, 5) is 62.2. The van der Waals surface area contributed by atoms with Crippen molar-refractivity contribution in [1.29, 1.82) is 0 Å². The Labute approximate surface area is 216 Å².